The standard InChI is InChI=1S/C35H52O12/c1-30(2)10-12-34(28(30)44)13-11-32(4)17(25(34)42)6-7-21-33(32,5)9-8-20-31(3,16-37)26(43)18(38)14-35(20,21)29(45)47-27-24(41)23(40)22(39)19(15-36)46-27/h6,18-25,27,36-42H,7-16H2,1-5H3/t18-,19-,20+,21+,22-,23+,24-,25-,27+,31+,32-,33-,34-,35-/m1/s1. The van der Waals surface area contributed by atoms with E-state index in [1.165, 1.54) is 0 Å². The Labute approximate surface area is 275 Å². The van der Waals surface area contributed by atoms with Gasteiger partial charge >= 0.3 is 5.97 Å². The zero-order valence-corrected chi connectivity index (χ0v) is 28.0. The van der Waals surface area contributed by atoms with E-state index in [1.807, 2.05) is 19.9 Å². The summed E-state index contributed by atoms with van der Waals surface area (Å²) in [6.07, 6.45) is -5.94. The van der Waals surface area contributed by atoms with Gasteiger partial charge in [-0.25, -0.2) is 0 Å². The lowest BCUT2D eigenvalue weighted by Crippen LogP contribution is -2.71. The molecule has 0 bridgehead atoms. The molecule has 6 aliphatic rings. The van der Waals surface area contributed by atoms with E-state index >= 15 is 0 Å². The lowest BCUT2D eigenvalue weighted by molar-refractivity contribution is -0.302. The Kier molecular flexibility index (Phi) is 8.29. The maximum atomic E-state index is 14.8. The number of ketones is 2. The fourth-order valence-electron chi connectivity index (χ4n) is 11.4. The Morgan fingerprint density at radius 3 is 2.15 bits per heavy atom. The summed E-state index contributed by atoms with van der Waals surface area (Å²) in [6.45, 7) is 8.19. The number of fused-ring (bicyclic) bond motifs is 5. The fraction of sp³-hybridized carbons (Fsp3) is 0.857. The van der Waals surface area contributed by atoms with Crippen LogP contribution in [-0.2, 0) is 23.9 Å². The van der Waals surface area contributed by atoms with Crippen molar-refractivity contribution in [2.45, 2.75) is 129 Å². The van der Waals surface area contributed by atoms with Gasteiger partial charge in [0.25, 0.3) is 0 Å². The van der Waals surface area contributed by atoms with E-state index in [0.29, 0.717) is 38.5 Å². The van der Waals surface area contributed by atoms with Gasteiger partial charge in [-0.05, 0) is 79.6 Å². The van der Waals surface area contributed by atoms with Gasteiger partial charge in [0.2, 0.25) is 6.29 Å². The molecule has 7 N–H and O–H groups in total. The molecule has 1 saturated heterocycles. The highest BCUT2D eigenvalue weighted by Crippen LogP contribution is 2.74. The van der Waals surface area contributed by atoms with Gasteiger partial charge in [-0.1, -0.05) is 40.7 Å². The van der Waals surface area contributed by atoms with Crippen LogP contribution < -0.4 is 0 Å². The van der Waals surface area contributed by atoms with Crippen molar-refractivity contribution in [3.8, 4) is 0 Å². The molecule has 5 fully saturated rings. The van der Waals surface area contributed by atoms with Crippen molar-refractivity contribution in [2.75, 3.05) is 13.2 Å². The third-order valence-corrected chi connectivity index (χ3v) is 14.5. The van der Waals surface area contributed by atoms with E-state index in [-0.39, 0.29) is 18.6 Å². The molecule has 6 rings (SSSR count). The van der Waals surface area contributed by atoms with Crippen LogP contribution >= 0.6 is 0 Å². The fourth-order valence-corrected chi connectivity index (χ4v) is 11.4. The van der Waals surface area contributed by atoms with Crippen LogP contribution in [-0.4, -0.2) is 109 Å². The van der Waals surface area contributed by atoms with Gasteiger partial charge in [-0.3, -0.25) is 14.4 Å². The second kappa shape index (κ2) is 11.1. The van der Waals surface area contributed by atoms with Crippen LogP contribution in [0.25, 0.3) is 0 Å². The minimum atomic E-state index is -1.85. The maximum absolute atomic E-state index is 14.8. The number of aliphatic hydroxyl groups is 7. The Morgan fingerprint density at radius 1 is 0.894 bits per heavy atom. The topological polar surface area (TPSA) is 211 Å². The summed E-state index contributed by atoms with van der Waals surface area (Å²) in [6, 6.07) is 0. The smallest absolute Gasteiger partial charge is 0.315 e. The van der Waals surface area contributed by atoms with Crippen molar-refractivity contribution in [1.82, 2.24) is 0 Å². The predicted octanol–water partition coefficient (Wildman–Crippen LogP) is 0.547. The van der Waals surface area contributed by atoms with Crippen LogP contribution in [0.3, 0.4) is 0 Å². The number of aliphatic hydroxyl groups excluding tert-OH is 7. The number of rotatable bonds is 4. The molecule has 1 spiro atoms. The third-order valence-electron chi connectivity index (χ3n) is 14.5. The average molecular weight is 665 g/mol. The van der Waals surface area contributed by atoms with E-state index < -0.39 is 112 Å². The summed E-state index contributed by atoms with van der Waals surface area (Å²) in [5, 5.41) is 75.2. The summed E-state index contributed by atoms with van der Waals surface area (Å²) >= 11 is 0. The number of allylic oxidation sites excluding steroid dienone is 1. The van der Waals surface area contributed by atoms with Crippen molar-refractivity contribution in [1.29, 1.82) is 0 Å². The summed E-state index contributed by atoms with van der Waals surface area (Å²) in [4.78, 5) is 42.1. The molecule has 14 atom stereocenters. The van der Waals surface area contributed by atoms with Crippen LogP contribution in [0, 0.1) is 44.3 Å². The van der Waals surface area contributed by atoms with E-state index in [4.69, 9.17) is 9.47 Å². The van der Waals surface area contributed by atoms with Crippen LogP contribution in [0.5, 0.6) is 0 Å². The Bertz CT molecular complexity index is 1360. The van der Waals surface area contributed by atoms with Crippen molar-refractivity contribution in [2.24, 2.45) is 44.3 Å². The first kappa shape index (κ1) is 35.1. The zero-order chi connectivity index (χ0) is 34.7. The quantitative estimate of drug-likeness (QED) is 0.162. The number of Topliss-reactive ketones (excluding diaryl/α,β-unsaturated/α-hetero) is 2. The minimum absolute atomic E-state index is 0.0728. The summed E-state index contributed by atoms with van der Waals surface area (Å²) in [7, 11) is 0. The molecule has 0 radical (unpaired) electrons. The van der Waals surface area contributed by atoms with Gasteiger partial charge in [-0.15, -0.1) is 0 Å². The number of carbonyl (C=O) groups is 3. The van der Waals surface area contributed by atoms with E-state index in [9.17, 15) is 50.1 Å². The number of hydrogen-bond donors (Lipinski definition) is 7. The van der Waals surface area contributed by atoms with Gasteiger partial charge in [0, 0.05) is 5.41 Å². The Balaban J connectivity index is 1.45. The SMILES string of the molecule is CC1(C)CC[C@]2(CC[C@]3(C)C(=CC[C@@H]4[C@@]5(C(=O)O[C@@H]6O[C@H](CO)[C@@H](O)[C@H](O)[C@H]6O)C[C@@H](O)C(=O)[C@@](C)(CO)[C@@H]5CC[C@]43C)[C@H]2O)C1=O. The molecule has 47 heavy (non-hydrogen) atoms. The van der Waals surface area contributed by atoms with Crippen LogP contribution in [0.1, 0.15) is 86.0 Å². The lowest BCUT2D eigenvalue weighted by atomic mass is 9.34. The van der Waals surface area contributed by atoms with E-state index in [1.54, 1.807) is 6.92 Å². The van der Waals surface area contributed by atoms with Crippen LogP contribution in [0.2, 0.25) is 0 Å². The van der Waals surface area contributed by atoms with Crippen LogP contribution in [0.4, 0.5) is 0 Å². The van der Waals surface area contributed by atoms with Gasteiger partial charge in [0.05, 0.1) is 35.6 Å². The first-order chi connectivity index (χ1) is 21.8. The van der Waals surface area contributed by atoms with Gasteiger partial charge in [-0.2, -0.15) is 0 Å². The summed E-state index contributed by atoms with van der Waals surface area (Å²) < 4.78 is 11.4. The minimum Gasteiger partial charge on any atom is -0.432 e. The Morgan fingerprint density at radius 2 is 1.55 bits per heavy atom. The Hall–Kier alpha value is -1.77. The normalized spacial score (nSPS) is 52.3. The first-order valence-electron chi connectivity index (χ1n) is 17.1. The number of hydrogen-bond acceptors (Lipinski definition) is 12. The van der Waals surface area contributed by atoms with Gasteiger partial charge in [0.1, 0.15) is 36.3 Å². The van der Waals surface area contributed by atoms with Crippen molar-refractivity contribution in [3.05, 3.63) is 11.6 Å². The van der Waals surface area contributed by atoms with Gasteiger partial charge in [0.15, 0.2) is 5.78 Å². The second-order valence-electron chi connectivity index (χ2n) is 16.9. The van der Waals surface area contributed by atoms with Crippen molar-refractivity contribution >= 4 is 17.5 Å². The van der Waals surface area contributed by atoms with Gasteiger partial charge < -0.3 is 45.2 Å². The second-order valence-corrected chi connectivity index (χ2v) is 16.9. The highest BCUT2D eigenvalue weighted by Gasteiger charge is 2.74. The molecule has 0 amide bonds. The predicted molar refractivity (Wildman–Crippen MR) is 164 cm³/mol. The molecule has 4 saturated carbocycles. The van der Waals surface area contributed by atoms with Crippen molar-refractivity contribution in [3.63, 3.8) is 0 Å². The monoisotopic (exact) mass is 664 g/mol. The number of esters is 1. The molecule has 1 aliphatic heterocycles. The zero-order valence-electron chi connectivity index (χ0n) is 28.0. The molecule has 12 nitrogen and oxygen atoms in total. The molecule has 12 heteroatoms. The first-order valence-corrected chi connectivity index (χ1v) is 17.1. The molecule has 1 heterocycles. The highest BCUT2D eigenvalue weighted by atomic mass is 16.7. The maximum Gasteiger partial charge on any atom is 0.315 e. The van der Waals surface area contributed by atoms with Crippen LogP contribution in [0.15, 0.2) is 11.6 Å². The molecule has 0 unspecified atom stereocenters. The lowest BCUT2D eigenvalue weighted by Gasteiger charge is -2.69. The highest BCUT2D eigenvalue weighted by molar-refractivity contribution is 5.94. The summed E-state index contributed by atoms with van der Waals surface area (Å²) in [5.41, 5.74) is -5.08. The van der Waals surface area contributed by atoms with E-state index in [2.05, 4.69) is 13.8 Å². The molecule has 0 aromatic rings. The molecular formula is C35H52O12. The molecule has 0 aromatic carbocycles. The molecule has 0 aromatic heterocycles. The number of ether oxygens (including phenoxy) is 2. The summed E-state index contributed by atoms with van der Waals surface area (Å²) in [5.74, 6) is -2.72. The molecular weight excluding hydrogens is 612 g/mol. The van der Waals surface area contributed by atoms with Crippen molar-refractivity contribution < 1.29 is 59.6 Å². The largest absolute Gasteiger partial charge is 0.432 e. The third kappa shape index (κ3) is 4.38. The molecule has 264 valence electrons. The van der Waals surface area contributed by atoms with E-state index in [0.717, 1.165) is 5.57 Å². The average Bonchev–Trinajstić information content (AvgIpc) is 3.26. The molecule has 5 aliphatic carbocycles. The number of carbonyl (C=O) groups excluding carboxylic acids is 3.